The summed E-state index contributed by atoms with van der Waals surface area (Å²) in [7, 11) is 1.98. The maximum absolute atomic E-state index is 4.44. The highest BCUT2D eigenvalue weighted by molar-refractivity contribution is 5.82. The van der Waals surface area contributed by atoms with Gasteiger partial charge in [0.25, 0.3) is 0 Å². The van der Waals surface area contributed by atoms with Crippen LogP contribution in [0.15, 0.2) is 54.7 Å². The molecule has 0 saturated heterocycles. The smallest absolute Gasteiger partial charge is 0.0704 e. The third-order valence-corrected chi connectivity index (χ3v) is 3.91. The zero-order valence-corrected chi connectivity index (χ0v) is 12.6. The second-order valence-electron chi connectivity index (χ2n) is 5.46. The Bertz CT molecular complexity index is 757. The first-order valence-corrected chi connectivity index (χ1v) is 7.33. The molecule has 1 N–H and O–H groups in total. The first-order chi connectivity index (χ1) is 10.3. The number of nitrogens with one attached hydrogen (secondary N) is 1. The van der Waals surface area contributed by atoms with E-state index in [1.165, 1.54) is 27.6 Å². The van der Waals surface area contributed by atoms with Crippen LogP contribution in [0.4, 0.5) is 0 Å². The minimum atomic E-state index is 0.916. The van der Waals surface area contributed by atoms with Crippen molar-refractivity contribution in [3.8, 4) is 0 Å². The monoisotopic (exact) mass is 276 g/mol. The van der Waals surface area contributed by atoms with Crippen molar-refractivity contribution < 1.29 is 0 Å². The molecule has 0 aliphatic carbocycles. The van der Waals surface area contributed by atoms with E-state index >= 15 is 0 Å². The minimum absolute atomic E-state index is 0.916. The van der Waals surface area contributed by atoms with Gasteiger partial charge in [0.15, 0.2) is 0 Å². The zero-order chi connectivity index (χ0) is 14.7. The van der Waals surface area contributed by atoms with Gasteiger partial charge in [0.1, 0.15) is 0 Å². The highest BCUT2D eigenvalue weighted by atomic mass is 14.8. The molecule has 0 atom stereocenters. The van der Waals surface area contributed by atoms with E-state index in [0.29, 0.717) is 0 Å². The summed E-state index contributed by atoms with van der Waals surface area (Å²) in [5.41, 5.74) is 6.47. The largest absolute Gasteiger partial charge is 0.316 e. The quantitative estimate of drug-likeness (QED) is 0.783. The number of fused-ring (bicyclic) bond motifs is 1. The molecular formula is C19H20N2. The van der Waals surface area contributed by atoms with E-state index in [0.717, 1.165) is 18.5 Å². The molecule has 0 fully saturated rings. The van der Waals surface area contributed by atoms with Crippen LogP contribution >= 0.6 is 0 Å². The molecule has 2 aromatic carbocycles. The SMILES string of the molecule is CNCc1ccc(Cc2ccnc3ccccc23)c(C)c1. The van der Waals surface area contributed by atoms with E-state index in [4.69, 9.17) is 0 Å². The molecule has 0 radical (unpaired) electrons. The normalized spacial score (nSPS) is 11.0. The van der Waals surface area contributed by atoms with E-state index < -0.39 is 0 Å². The molecule has 3 rings (SSSR count). The van der Waals surface area contributed by atoms with Gasteiger partial charge in [-0.2, -0.15) is 0 Å². The van der Waals surface area contributed by atoms with E-state index in [-0.39, 0.29) is 0 Å². The number of hydrogen-bond acceptors (Lipinski definition) is 2. The number of benzene rings is 2. The van der Waals surface area contributed by atoms with Gasteiger partial charge in [-0.05, 0) is 54.8 Å². The Hall–Kier alpha value is -2.19. The summed E-state index contributed by atoms with van der Waals surface area (Å²) >= 11 is 0. The first-order valence-electron chi connectivity index (χ1n) is 7.33. The molecule has 1 heterocycles. The Labute approximate surface area is 125 Å². The highest BCUT2D eigenvalue weighted by Crippen LogP contribution is 2.21. The second-order valence-corrected chi connectivity index (χ2v) is 5.46. The summed E-state index contributed by atoms with van der Waals surface area (Å²) in [6.45, 7) is 3.11. The number of hydrogen-bond donors (Lipinski definition) is 1. The van der Waals surface area contributed by atoms with Gasteiger partial charge in [-0.3, -0.25) is 4.98 Å². The Kier molecular flexibility index (Phi) is 3.98. The van der Waals surface area contributed by atoms with Crippen molar-refractivity contribution in [2.24, 2.45) is 0 Å². The zero-order valence-electron chi connectivity index (χ0n) is 12.6. The first kappa shape index (κ1) is 13.8. The number of rotatable bonds is 4. The van der Waals surface area contributed by atoms with Gasteiger partial charge in [0.2, 0.25) is 0 Å². The maximum Gasteiger partial charge on any atom is 0.0704 e. The van der Waals surface area contributed by atoms with Crippen molar-refractivity contribution in [1.82, 2.24) is 10.3 Å². The van der Waals surface area contributed by atoms with Gasteiger partial charge in [-0.25, -0.2) is 0 Å². The summed E-state index contributed by atoms with van der Waals surface area (Å²) in [6.07, 6.45) is 2.86. The summed E-state index contributed by atoms with van der Waals surface area (Å²) < 4.78 is 0. The fraction of sp³-hybridized carbons (Fsp3) is 0.211. The standard InChI is InChI=1S/C19H20N2/c1-14-11-15(13-20-2)7-8-16(14)12-17-9-10-21-19-6-4-3-5-18(17)19/h3-11,20H,12-13H2,1-2H3. The van der Waals surface area contributed by atoms with Gasteiger partial charge in [0, 0.05) is 18.1 Å². The summed E-state index contributed by atoms with van der Waals surface area (Å²) in [5.74, 6) is 0. The van der Waals surface area contributed by atoms with E-state index in [2.05, 4.69) is 59.7 Å². The Morgan fingerprint density at radius 1 is 1.00 bits per heavy atom. The molecule has 0 bridgehead atoms. The van der Waals surface area contributed by atoms with Crippen molar-refractivity contribution in [3.63, 3.8) is 0 Å². The molecule has 0 unspecified atom stereocenters. The van der Waals surface area contributed by atoms with Crippen LogP contribution in [-0.2, 0) is 13.0 Å². The number of nitrogens with zero attached hydrogens (tertiary/aromatic N) is 1. The average molecular weight is 276 g/mol. The van der Waals surface area contributed by atoms with Crippen LogP contribution in [0.25, 0.3) is 10.9 Å². The molecule has 3 aromatic rings. The summed E-state index contributed by atoms with van der Waals surface area (Å²) in [6, 6.07) is 17.2. The summed E-state index contributed by atoms with van der Waals surface area (Å²) in [5, 5.41) is 4.45. The van der Waals surface area contributed by atoms with Crippen LogP contribution in [0.1, 0.15) is 22.3 Å². The van der Waals surface area contributed by atoms with Crippen LogP contribution in [-0.4, -0.2) is 12.0 Å². The van der Waals surface area contributed by atoms with Gasteiger partial charge in [-0.15, -0.1) is 0 Å². The Balaban J connectivity index is 1.95. The number of pyridine rings is 1. The number of para-hydroxylation sites is 1. The molecule has 0 spiro atoms. The van der Waals surface area contributed by atoms with Crippen LogP contribution in [0.2, 0.25) is 0 Å². The fourth-order valence-electron chi connectivity index (χ4n) is 2.78. The molecule has 0 amide bonds. The summed E-state index contributed by atoms with van der Waals surface area (Å²) in [4.78, 5) is 4.44. The third-order valence-electron chi connectivity index (χ3n) is 3.91. The predicted octanol–water partition coefficient (Wildman–Crippen LogP) is 3.85. The van der Waals surface area contributed by atoms with Crippen molar-refractivity contribution in [3.05, 3.63) is 77.0 Å². The number of aryl methyl sites for hydroxylation is 1. The fourth-order valence-corrected chi connectivity index (χ4v) is 2.78. The lowest BCUT2D eigenvalue weighted by atomic mass is 9.96. The van der Waals surface area contributed by atoms with Gasteiger partial charge in [0.05, 0.1) is 5.52 Å². The van der Waals surface area contributed by atoms with E-state index in [1.54, 1.807) is 0 Å². The average Bonchev–Trinajstić information content (AvgIpc) is 2.51. The molecule has 106 valence electrons. The molecule has 0 aliphatic heterocycles. The van der Waals surface area contributed by atoms with Crippen molar-refractivity contribution in [1.29, 1.82) is 0 Å². The lowest BCUT2D eigenvalue weighted by Crippen LogP contribution is -2.05. The van der Waals surface area contributed by atoms with Crippen molar-refractivity contribution in [2.45, 2.75) is 19.9 Å². The van der Waals surface area contributed by atoms with Gasteiger partial charge < -0.3 is 5.32 Å². The number of aromatic nitrogens is 1. The Morgan fingerprint density at radius 2 is 1.86 bits per heavy atom. The van der Waals surface area contributed by atoms with Crippen LogP contribution in [0, 0.1) is 6.92 Å². The lowest BCUT2D eigenvalue weighted by molar-refractivity contribution is 0.816. The van der Waals surface area contributed by atoms with Crippen molar-refractivity contribution >= 4 is 10.9 Å². The predicted molar refractivity (Wildman–Crippen MR) is 88.5 cm³/mol. The Morgan fingerprint density at radius 3 is 2.67 bits per heavy atom. The van der Waals surface area contributed by atoms with Crippen molar-refractivity contribution in [2.75, 3.05) is 7.05 Å². The van der Waals surface area contributed by atoms with Gasteiger partial charge in [-0.1, -0.05) is 36.4 Å². The van der Waals surface area contributed by atoms with Crippen LogP contribution in [0.3, 0.4) is 0 Å². The third kappa shape index (κ3) is 2.96. The molecule has 2 heteroatoms. The lowest BCUT2D eigenvalue weighted by Gasteiger charge is -2.10. The molecule has 2 nitrogen and oxygen atoms in total. The molecule has 0 saturated carbocycles. The van der Waals surface area contributed by atoms with Gasteiger partial charge >= 0.3 is 0 Å². The minimum Gasteiger partial charge on any atom is -0.316 e. The molecular weight excluding hydrogens is 256 g/mol. The maximum atomic E-state index is 4.44. The molecule has 0 aliphatic rings. The second kappa shape index (κ2) is 6.06. The topological polar surface area (TPSA) is 24.9 Å². The van der Waals surface area contributed by atoms with E-state index in [9.17, 15) is 0 Å². The van der Waals surface area contributed by atoms with Crippen LogP contribution in [0.5, 0.6) is 0 Å². The van der Waals surface area contributed by atoms with Crippen LogP contribution < -0.4 is 5.32 Å². The molecule has 1 aromatic heterocycles. The van der Waals surface area contributed by atoms with E-state index in [1.807, 2.05) is 19.3 Å². The highest BCUT2D eigenvalue weighted by Gasteiger charge is 2.05. The molecule has 21 heavy (non-hydrogen) atoms.